The van der Waals surface area contributed by atoms with Crippen molar-refractivity contribution in [2.45, 2.75) is 39.1 Å². The van der Waals surface area contributed by atoms with Crippen LogP contribution in [0.1, 0.15) is 34.1 Å². The Bertz CT molecular complexity index is 91.5. The maximum atomic E-state index is 3.75. The van der Waals surface area contributed by atoms with E-state index in [0.29, 0.717) is 4.95 Å². The Hall–Kier alpha value is 0.440. The van der Waals surface area contributed by atoms with Crippen LogP contribution in [-0.2, 0) is 0 Å². The van der Waals surface area contributed by atoms with Crippen molar-refractivity contribution < 1.29 is 4.48 Å². The molecule has 0 spiro atoms. The van der Waals surface area contributed by atoms with Gasteiger partial charge in [-0.1, -0.05) is 6.92 Å². The van der Waals surface area contributed by atoms with Crippen LogP contribution in [0.2, 0.25) is 0 Å². The normalized spacial score (nSPS) is 15.0. The van der Waals surface area contributed by atoms with E-state index in [2.05, 4.69) is 43.6 Å². The summed E-state index contributed by atoms with van der Waals surface area (Å²) in [5.74, 6) is 0. The van der Waals surface area contributed by atoms with Gasteiger partial charge in [-0.25, -0.2) is 0 Å². The molecule has 11 heavy (non-hydrogen) atoms. The Morgan fingerprint density at radius 2 is 1.36 bits per heavy atom. The van der Waals surface area contributed by atoms with Gasteiger partial charge in [0.05, 0.1) is 19.6 Å². The van der Waals surface area contributed by atoms with Gasteiger partial charge in [-0.05, 0) is 36.7 Å². The quantitative estimate of drug-likeness (QED) is 0.382. The van der Waals surface area contributed by atoms with E-state index in [0.717, 1.165) is 0 Å². The largest absolute Gasteiger partial charge is 0.313 e. The van der Waals surface area contributed by atoms with Crippen molar-refractivity contribution in [1.29, 1.82) is 0 Å². The highest BCUT2D eigenvalue weighted by Crippen LogP contribution is 2.20. The second-order valence-electron chi connectivity index (χ2n) is 3.01. The molecule has 0 rings (SSSR count). The number of rotatable bonds is 5. The predicted molar refractivity (Wildman–Crippen MR) is 54.9 cm³/mol. The Morgan fingerprint density at radius 1 is 1.00 bits per heavy atom. The topological polar surface area (TPSA) is 0 Å². The van der Waals surface area contributed by atoms with E-state index in [-0.39, 0.29) is 0 Å². The van der Waals surface area contributed by atoms with Crippen LogP contribution >= 0.6 is 15.9 Å². The summed E-state index contributed by atoms with van der Waals surface area (Å²) in [6.07, 6.45) is 1.22. The van der Waals surface area contributed by atoms with Crippen molar-refractivity contribution in [3.63, 3.8) is 0 Å². The molecule has 2 heteroatoms. The first-order valence-corrected chi connectivity index (χ1v) is 5.58. The van der Waals surface area contributed by atoms with Gasteiger partial charge in [0.15, 0.2) is 0 Å². The van der Waals surface area contributed by atoms with Gasteiger partial charge in [-0.2, -0.15) is 0 Å². The molecule has 0 aromatic heterocycles. The summed E-state index contributed by atoms with van der Waals surface area (Å²) in [6.45, 7) is 12.8. The van der Waals surface area contributed by atoms with Gasteiger partial charge in [-0.15, -0.1) is 0 Å². The van der Waals surface area contributed by atoms with Crippen molar-refractivity contribution in [3.05, 3.63) is 0 Å². The molecular weight excluding hydrogens is 202 g/mol. The molecule has 0 amide bonds. The smallest absolute Gasteiger partial charge is 0.144 e. The molecule has 0 aromatic rings. The Morgan fingerprint density at radius 3 is 1.45 bits per heavy atom. The zero-order valence-corrected chi connectivity index (χ0v) is 9.82. The molecule has 1 atom stereocenters. The first kappa shape index (κ1) is 11.4. The van der Waals surface area contributed by atoms with Crippen LogP contribution in [0.25, 0.3) is 0 Å². The van der Waals surface area contributed by atoms with Gasteiger partial charge in [0.1, 0.15) is 4.95 Å². The Kier molecular flexibility index (Phi) is 5.36. The number of halogens is 1. The van der Waals surface area contributed by atoms with E-state index >= 15 is 0 Å². The summed E-state index contributed by atoms with van der Waals surface area (Å²) in [5.41, 5.74) is 0. The average Bonchev–Trinajstić information content (AvgIpc) is 2.08. The van der Waals surface area contributed by atoms with Gasteiger partial charge in [0, 0.05) is 6.42 Å². The van der Waals surface area contributed by atoms with Gasteiger partial charge < -0.3 is 4.48 Å². The van der Waals surface area contributed by atoms with Gasteiger partial charge in [-0.3, -0.25) is 0 Å². The number of quaternary nitrogens is 1. The van der Waals surface area contributed by atoms with Crippen LogP contribution in [0.4, 0.5) is 0 Å². The molecule has 0 aliphatic carbocycles. The van der Waals surface area contributed by atoms with Crippen molar-refractivity contribution in [1.82, 2.24) is 0 Å². The summed E-state index contributed by atoms with van der Waals surface area (Å²) in [5, 5.41) is 0. The molecule has 0 radical (unpaired) electrons. The van der Waals surface area contributed by atoms with Crippen LogP contribution in [-0.4, -0.2) is 29.1 Å². The maximum absolute atomic E-state index is 3.75. The minimum Gasteiger partial charge on any atom is -0.313 e. The van der Waals surface area contributed by atoms with E-state index in [1.165, 1.54) is 30.5 Å². The molecule has 1 unspecified atom stereocenters. The van der Waals surface area contributed by atoms with E-state index < -0.39 is 0 Å². The Balaban J connectivity index is 4.26. The van der Waals surface area contributed by atoms with E-state index in [1.807, 2.05) is 0 Å². The van der Waals surface area contributed by atoms with Crippen LogP contribution in [0.15, 0.2) is 0 Å². The fourth-order valence-electron chi connectivity index (χ4n) is 1.65. The standard InChI is InChI=1S/C9H21BrN/c1-5-9(10)11(6-2,7-3)8-4/h9H,5-8H2,1-4H3/q+1. The SMILES string of the molecule is CCC(Br)[N+](CC)(CC)CC. The molecule has 0 saturated carbocycles. The molecule has 0 bridgehead atoms. The lowest BCUT2D eigenvalue weighted by Gasteiger charge is -2.39. The lowest BCUT2D eigenvalue weighted by molar-refractivity contribution is -0.931. The monoisotopic (exact) mass is 222 g/mol. The predicted octanol–water partition coefficient (Wildman–Crippen LogP) is 2.99. The lowest BCUT2D eigenvalue weighted by atomic mass is 10.3. The maximum Gasteiger partial charge on any atom is 0.144 e. The molecule has 0 saturated heterocycles. The van der Waals surface area contributed by atoms with Gasteiger partial charge >= 0.3 is 0 Å². The van der Waals surface area contributed by atoms with Crippen LogP contribution in [0.5, 0.6) is 0 Å². The molecule has 0 N–H and O–H groups in total. The highest BCUT2D eigenvalue weighted by atomic mass is 79.9. The number of alkyl halides is 1. The fourth-order valence-corrected chi connectivity index (χ4v) is 2.52. The first-order chi connectivity index (χ1) is 5.16. The van der Waals surface area contributed by atoms with Crippen LogP contribution in [0.3, 0.4) is 0 Å². The molecular formula is C9H21BrN+. The molecule has 0 aliphatic heterocycles. The summed E-state index contributed by atoms with van der Waals surface area (Å²) < 4.78 is 1.20. The summed E-state index contributed by atoms with van der Waals surface area (Å²) in [7, 11) is 0. The van der Waals surface area contributed by atoms with E-state index in [9.17, 15) is 0 Å². The summed E-state index contributed by atoms with van der Waals surface area (Å²) >= 11 is 3.75. The highest BCUT2D eigenvalue weighted by Gasteiger charge is 2.28. The van der Waals surface area contributed by atoms with E-state index in [1.54, 1.807) is 0 Å². The Labute approximate surface area is 79.5 Å². The molecule has 0 aromatic carbocycles. The van der Waals surface area contributed by atoms with Gasteiger partial charge in [0.25, 0.3) is 0 Å². The average molecular weight is 223 g/mol. The fraction of sp³-hybridized carbons (Fsp3) is 1.00. The van der Waals surface area contributed by atoms with Crippen LogP contribution in [0, 0.1) is 0 Å². The van der Waals surface area contributed by atoms with Gasteiger partial charge in [0.2, 0.25) is 0 Å². The van der Waals surface area contributed by atoms with Crippen molar-refractivity contribution >= 4 is 15.9 Å². The van der Waals surface area contributed by atoms with Crippen LogP contribution < -0.4 is 0 Å². The molecule has 0 heterocycles. The molecule has 1 nitrogen and oxygen atoms in total. The third-order valence-corrected chi connectivity index (χ3v) is 4.34. The summed E-state index contributed by atoms with van der Waals surface area (Å²) in [6, 6.07) is 0. The highest BCUT2D eigenvalue weighted by molar-refractivity contribution is 9.09. The third kappa shape index (κ3) is 2.45. The van der Waals surface area contributed by atoms with Crippen molar-refractivity contribution in [3.8, 4) is 0 Å². The third-order valence-electron chi connectivity index (χ3n) is 2.82. The summed E-state index contributed by atoms with van der Waals surface area (Å²) in [4.78, 5) is 0.641. The number of nitrogens with zero attached hydrogens (tertiary/aromatic N) is 1. The number of hydrogen-bond donors (Lipinski definition) is 0. The second-order valence-corrected chi connectivity index (χ2v) is 4.07. The lowest BCUT2D eigenvalue weighted by Crippen LogP contribution is -2.52. The van der Waals surface area contributed by atoms with E-state index in [4.69, 9.17) is 0 Å². The molecule has 0 aliphatic rings. The van der Waals surface area contributed by atoms with Crippen molar-refractivity contribution in [2.75, 3.05) is 19.6 Å². The zero-order chi connectivity index (χ0) is 8.91. The van der Waals surface area contributed by atoms with Crippen molar-refractivity contribution in [2.24, 2.45) is 0 Å². The first-order valence-electron chi connectivity index (χ1n) is 4.66. The second kappa shape index (κ2) is 5.15. The number of hydrogen-bond acceptors (Lipinski definition) is 0. The minimum absolute atomic E-state index is 0.641. The molecule has 0 fully saturated rings. The minimum atomic E-state index is 0.641. The molecule has 68 valence electrons. The zero-order valence-electron chi connectivity index (χ0n) is 8.23.